The lowest BCUT2D eigenvalue weighted by atomic mass is 10.2. The van der Waals surface area contributed by atoms with Gasteiger partial charge in [0.15, 0.2) is 0 Å². The van der Waals surface area contributed by atoms with Crippen LogP contribution in [0.5, 0.6) is 0 Å². The Morgan fingerprint density at radius 3 is 2.59 bits per heavy atom. The number of amides is 1. The second kappa shape index (κ2) is 7.54. The summed E-state index contributed by atoms with van der Waals surface area (Å²) in [6.45, 7) is 2.62. The minimum Gasteiger partial charge on any atom is -0.449 e. The fourth-order valence-electron chi connectivity index (χ4n) is 1.41. The molecule has 94 valence electrons. The molecule has 0 radical (unpaired) electrons. The van der Waals surface area contributed by atoms with Crippen LogP contribution in [0.3, 0.4) is 0 Å². The lowest BCUT2D eigenvalue weighted by Gasteiger charge is -2.06. The van der Waals surface area contributed by atoms with Gasteiger partial charge in [-0.2, -0.15) is 0 Å². The highest BCUT2D eigenvalue weighted by Crippen LogP contribution is 2.10. The molecule has 0 spiro atoms. The van der Waals surface area contributed by atoms with Gasteiger partial charge in [-0.15, -0.1) is 0 Å². The molecule has 0 saturated heterocycles. The van der Waals surface area contributed by atoms with E-state index in [4.69, 9.17) is 10.5 Å². The molecule has 0 aliphatic carbocycles. The smallest absolute Gasteiger partial charge is 0.411 e. The zero-order chi connectivity index (χ0) is 12.5. The Bertz CT molecular complexity index is 336. The Balaban J connectivity index is 2.18. The number of ether oxygens (including phenoxy) is 1. The largest absolute Gasteiger partial charge is 0.449 e. The van der Waals surface area contributed by atoms with Gasteiger partial charge in [0.2, 0.25) is 0 Å². The number of nitrogens with one attached hydrogen (secondary N) is 1. The number of carbonyl (C=O) groups is 1. The minimum atomic E-state index is -0.411. The maximum atomic E-state index is 11.4. The molecule has 1 aromatic rings. The van der Waals surface area contributed by atoms with Crippen LogP contribution in [0, 0.1) is 0 Å². The summed E-state index contributed by atoms with van der Waals surface area (Å²) in [5.41, 5.74) is 6.90. The molecule has 0 fully saturated rings. The van der Waals surface area contributed by atoms with Crippen LogP contribution in [-0.4, -0.2) is 12.7 Å². The summed E-state index contributed by atoms with van der Waals surface area (Å²) >= 11 is 0. The molecule has 4 heteroatoms. The minimum absolute atomic E-state index is 0.411. The summed E-state index contributed by atoms with van der Waals surface area (Å²) in [7, 11) is 0. The molecule has 0 atom stereocenters. The van der Waals surface area contributed by atoms with E-state index in [-0.39, 0.29) is 0 Å². The third-order valence-corrected chi connectivity index (χ3v) is 2.39. The van der Waals surface area contributed by atoms with E-state index in [1.54, 1.807) is 24.3 Å². The van der Waals surface area contributed by atoms with Crippen molar-refractivity contribution in [2.24, 2.45) is 0 Å². The predicted molar refractivity (Wildman–Crippen MR) is 70.0 cm³/mol. The van der Waals surface area contributed by atoms with Crippen LogP contribution < -0.4 is 11.1 Å². The molecule has 1 aromatic carbocycles. The van der Waals surface area contributed by atoms with E-state index >= 15 is 0 Å². The van der Waals surface area contributed by atoms with Crippen molar-refractivity contribution < 1.29 is 9.53 Å². The number of carbonyl (C=O) groups excluding carboxylic acids is 1. The van der Waals surface area contributed by atoms with E-state index in [2.05, 4.69) is 12.2 Å². The lowest BCUT2D eigenvalue weighted by Crippen LogP contribution is -2.14. The molecule has 1 amide bonds. The van der Waals surface area contributed by atoms with E-state index in [1.807, 2.05) is 0 Å². The van der Waals surface area contributed by atoms with Crippen LogP contribution in [0.15, 0.2) is 24.3 Å². The van der Waals surface area contributed by atoms with Crippen molar-refractivity contribution in [2.45, 2.75) is 32.6 Å². The first kappa shape index (κ1) is 13.4. The molecule has 0 aliphatic rings. The van der Waals surface area contributed by atoms with Gasteiger partial charge in [0.1, 0.15) is 0 Å². The van der Waals surface area contributed by atoms with E-state index in [0.29, 0.717) is 18.0 Å². The summed E-state index contributed by atoms with van der Waals surface area (Å²) in [6, 6.07) is 6.95. The van der Waals surface area contributed by atoms with Gasteiger partial charge in [-0.05, 0) is 30.7 Å². The van der Waals surface area contributed by atoms with Gasteiger partial charge in [-0.1, -0.05) is 26.2 Å². The summed E-state index contributed by atoms with van der Waals surface area (Å²) in [5, 5.41) is 2.64. The molecule has 0 unspecified atom stereocenters. The second-order valence-electron chi connectivity index (χ2n) is 3.94. The highest BCUT2D eigenvalue weighted by molar-refractivity contribution is 5.84. The first-order valence-corrected chi connectivity index (χ1v) is 6.01. The van der Waals surface area contributed by atoms with Crippen LogP contribution in [0.2, 0.25) is 0 Å². The summed E-state index contributed by atoms with van der Waals surface area (Å²) in [5.74, 6) is 0. The number of unbranched alkanes of at least 4 members (excludes halogenated alkanes) is 3. The highest BCUT2D eigenvalue weighted by Gasteiger charge is 2.02. The van der Waals surface area contributed by atoms with Gasteiger partial charge < -0.3 is 10.5 Å². The fourth-order valence-corrected chi connectivity index (χ4v) is 1.41. The van der Waals surface area contributed by atoms with Crippen molar-refractivity contribution >= 4 is 17.5 Å². The molecule has 17 heavy (non-hydrogen) atoms. The zero-order valence-electron chi connectivity index (χ0n) is 10.2. The Hall–Kier alpha value is -1.71. The van der Waals surface area contributed by atoms with E-state index in [9.17, 15) is 4.79 Å². The van der Waals surface area contributed by atoms with Gasteiger partial charge >= 0.3 is 6.09 Å². The Morgan fingerprint density at radius 1 is 1.24 bits per heavy atom. The van der Waals surface area contributed by atoms with Crippen LogP contribution in [0.25, 0.3) is 0 Å². The topological polar surface area (TPSA) is 64.3 Å². The van der Waals surface area contributed by atoms with E-state index in [1.165, 1.54) is 12.8 Å². The summed E-state index contributed by atoms with van der Waals surface area (Å²) < 4.78 is 5.04. The third-order valence-electron chi connectivity index (χ3n) is 2.39. The summed E-state index contributed by atoms with van der Waals surface area (Å²) in [6.07, 6.45) is 3.97. The molecular weight excluding hydrogens is 216 g/mol. The van der Waals surface area contributed by atoms with Crippen LogP contribution in [-0.2, 0) is 4.74 Å². The fraction of sp³-hybridized carbons (Fsp3) is 0.462. The maximum Gasteiger partial charge on any atom is 0.411 e. The molecular formula is C13H20N2O2. The third kappa shape index (κ3) is 5.80. The standard InChI is InChI=1S/C13H20N2O2/c1-2-3-4-5-10-17-13(16)15-12-8-6-11(14)7-9-12/h6-9H,2-5,10,14H2,1H3,(H,15,16). The van der Waals surface area contributed by atoms with Gasteiger partial charge in [-0.3, -0.25) is 5.32 Å². The molecule has 0 aromatic heterocycles. The molecule has 0 saturated carbocycles. The van der Waals surface area contributed by atoms with Gasteiger partial charge in [0.05, 0.1) is 6.61 Å². The first-order chi connectivity index (χ1) is 8.22. The van der Waals surface area contributed by atoms with Gasteiger partial charge in [0, 0.05) is 11.4 Å². The number of anilines is 2. The predicted octanol–water partition coefficient (Wildman–Crippen LogP) is 3.40. The highest BCUT2D eigenvalue weighted by atomic mass is 16.5. The monoisotopic (exact) mass is 236 g/mol. The SMILES string of the molecule is CCCCCCOC(=O)Nc1ccc(N)cc1. The zero-order valence-corrected chi connectivity index (χ0v) is 10.2. The second-order valence-corrected chi connectivity index (χ2v) is 3.94. The van der Waals surface area contributed by atoms with Crippen LogP contribution in [0.1, 0.15) is 32.6 Å². The number of hydrogen-bond donors (Lipinski definition) is 2. The number of benzene rings is 1. The summed E-state index contributed by atoms with van der Waals surface area (Å²) in [4.78, 5) is 11.4. The van der Waals surface area contributed by atoms with E-state index in [0.717, 1.165) is 12.8 Å². The number of rotatable bonds is 6. The molecule has 1 rings (SSSR count). The normalized spacial score (nSPS) is 9.94. The lowest BCUT2D eigenvalue weighted by molar-refractivity contribution is 0.159. The molecule has 0 bridgehead atoms. The Labute approximate surface area is 102 Å². The van der Waals surface area contributed by atoms with Crippen LogP contribution in [0.4, 0.5) is 16.2 Å². The van der Waals surface area contributed by atoms with Gasteiger partial charge in [0.25, 0.3) is 0 Å². The first-order valence-electron chi connectivity index (χ1n) is 6.01. The Morgan fingerprint density at radius 2 is 1.94 bits per heavy atom. The number of hydrogen-bond acceptors (Lipinski definition) is 3. The average Bonchev–Trinajstić information content (AvgIpc) is 2.32. The molecule has 0 heterocycles. The number of nitrogens with two attached hydrogens (primary N) is 1. The van der Waals surface area contributed by atoms with Crippen LogP contribution >= 0.6 is 0 Å². The molecule has 3 N–H and O–H groups in total. The molecule has 0 aliphatic heterocycles. The van der Waals surface area contributed by atoms with Crippen molar-refractivity contribution in [3.63, 3.8) is 0 Å². The van der Waals surface area contributed by atoms with Crippen molar-refractivity contribution in [3.8, 4) is 0 Å². The number of nitrogen functional groups attached to an aromatic ring is 1. The average molecular weight is 236 g/mol. The van der Waals surface area contributed by atoms with E-state index < -0.39 is 6.09 Å². The molecule has 4 nitrogen and oxygen atoms in total. The van der Waals surface area contributed by atoms with Crippen molar-refractivity contribution in [2.75, 3.05) is 17.7 Å². The van der Waals surface area contributed by atoms with Gasteiger partial charge in [-0.25, -0.2) is 4.79 Å². The quantitative estimate of drug-likeness (QED) is 0.587. The maximum absolute atomic E-state index is 11.4. The Kier molecular flexibility index (Phi) is 5.93. The van der Waals surface area contributed by atoms with Crippen molar-refractivity contribution in [1.29, 1.82) is 0 Å². The van der Waals surface area contributed by atoms with Crippen molar-refractivity contribution in [3.05, 3.63) is 24.3 Å². The van der Waals surface area contributed by atoms with Crippen molar-refractivity contribution in [1.82, 2.24) is 0 Å².